The molecule has 0 fully saturated rings. The monoisotopic (exact) mass is 705 g/mol. The number of aliphatic hydroxyl groups is 1. The molecule has 266 valence electrons. The van der Waals surface area contributed by atoms with Gasteiger partial charge in [0.25, 0.3) is 5.91 Å². The van der Waals surface area contributed by atoms with Crippen LogP contribution in [-0.4, -0.2) is 35.7 Å². The molecular weight excluding hydrogens is 667 g/mol. The predicted molar refractivity (Wildman–Crippen MR) is 195 cm³/mol. The molecule has 5 aromatic carbocycles. The molecule has 1 aliphatic rings. The van der Waals surface area contributed by atoms with Gasteiger partial charge in [0.2, 0.25) is 5.90 Å². The van der Waals surface area contributed by atoms with Crippen LogP contribution in [-0.2, 0) is 22.3 Å². The van der Waals surface area contributed by atoms with Gasteiger partial charge in [-0.2, -0.15) is 13.2 Å². The molecule has 10 heteroatoms. The summed E-state index contributed by atoms with van der Waals surface area (Å²) in [5.41, 5.74) is 7.90. The van der Waals surface area contributed by atoms with Crippen LogP contribution in [0.25, 0.3) is 17.2 Å². The number of rotatable bonds is 14. The molecule has 6 rings (SSSR count). The highest BCUT2D eigenvalue weighted by Crippen LogP contribution is 2.43. The molecule has 0 aliphatic carbocycles. The third-order valence-corrected chi connectivity index (χ3v) is 8.64. The first-order chi connectivity index (χ1) is 25.2. The van der Waals surface area contributed by atoms with Crippen LogP contribution in [0, 0.1) is 0 Å². The zero-order valence-corrected chi connectivity index (χ0v) is 28.2. The Labute approximate surface area is 300 Å². The van der Waals surface area contributed by atoms with Gasteiger partial charge in [-0.15, -0.1) is 0 Å². The van der Waals surface area contributed by atoms with Crippen molar-refractivity contribution in [2.24, 2.45) is 4.99 Å². The summed E-state index contributed by atoms with van der Waals surface area (Å²) in [6, 6.07) is 39.4. The van der Waals surface area contributed by atoms with Gasteiger partial charge in [-0.1, -0.05) is 115 Å². The first-order valence-electron chi connectivity index (χ1n) is 16.9. The van der Waals surface area contributed by atoms with Crippen LogP contribution in [0.2, 0.25) is 0 Å². The van der Waals surface area contributed by atoms with E-state index in [2.05, 4.69) is 10.9 Å². The molecule has 0 saturated carbocycles. The summed E-state index contributed by atoms with van der Waals surface area (Å²) in [4.78, 5) is 19.5. The maximum Gasteiger partial charge on any atom is 0.416 e. The van der Waals surface area contributed by atoms with E-state index < -0.39 is 29.3 Å². The Balaban J connectivity index is 1.35. The van der Waals surface area contributed by atoms with Crippen LogP contribution in [0.4, 0.5) is 13.2 Å². The fourth-order valence-electron chi connectivity index (χ4n) is 5.93. The zero-order valence-electron chi connectivity index (χ0n) is 28.2. The number of halogens is 3. The van der Waals surface area contributed by atoms with E-state index in [-0.39, 0.29) is 25.5 Å². The van der Waals surface area contributed by atoms with E-state index in [1.165, 1.54) is 6.07 Å². The molecule has 0 bridgehead atoms. The number of nitrogens with one attached hydrogen (secondary N) is 2. The Morgan fingerprint density at radius 3 is 2.21 bits per heavy atom. The van der Waals surface area contributed by atoms with Crippen LogP contribution in [0.1, 0.15) is 46.8 Å². The van der Waals surface area contributed by atoms with Gasteiger partial charge in [0.15, 0.2) is 11.6 Å². The SMILES string of the molecule is O=C(NNCc1cccc(C(F)(F)F)c1)[C@@]1(C/C=C/c2ccccc2)N=C(c2ccc(OCCCO)cc2)O[C@H]1c1ccc(-c2ccccc2)cc1. The number of carbonyl (C=O) groups is 1. The second-order valence-electron chi connectivity index (χ2n) is 12.3. The van der Waals surface area contributed by atoms with Crippen molar-refractivity contribution in [2.45, 2.75) is 37.2 Å². The number of hydrogen-bond acceptors (Lipinski definition) is 6. The van der Waals surface area contributed by atoms with Gasteiger partial charge in [0.1, 0.15) is 5.75 Å². The minimum atomic E-state index is -4.49. The summed E-state index contributed by atoms with van der Waals surface area (Å²) in [6.45, 7) is 0.324. The predicted octanol–water partition coefficient (Wildman–Crippen LogP) is 8.32. The Bertz CT molecular complexity index is 1980. The summed E-state index contributed by atoms with van der Waals surface area (Å²) in [5.74, 6) is 0.339. The fourth-order valence-corrected chi connectivity index (χ4v) is 5.93. The van der Waals surface area contributed by atoms with Crippen molar-refractivity contribution in [2.75, 3.05) is 13.2 Å². The Morgan fingerprint density at radius 1 is 0.846 bits per heavy atom. The topological polar surface area (TPSA) is 92.2 Å². The average Bonchev–Trinajstić information content (AvgIpc) is 3.56. The lowest BCUT2D eigenvalue weighted by molar-refractivity contribution is -0.137. The lowest BCUT2D eigenvalue weighted by Crippen LogP contribution is -2.52. The first-order valence-corrected chi connectivity index (χ1v) is 16.9. The number of benzene rings is 5. The van der Waals surface area contributed by atoms with E-state index in [0.717, 1.165) is 28.8 Å². The molecule has 1 heterocycles. The highest BCUT2D eigenvalue weighted by atomic mass is 19.4. The van der Waals surface area contributed by atoms with Crippen molar-refractivity contribution < 1.29 is 32.5 Å². The van der Waals surface area contributed by atoms with E-state index in [0.29, 0.717) is 35.5 Å². The third-order valence-electron chi connectivity index (χ3n) is 8.64. The molecule has 0 saturated heterocycles. The van der Waals surface area contributed by atoms with Crippen molar-refractivity contribution in [3.05, 3.63) is 167 Å². The molecule has 0 radical (unpaired) electrons. The van der Waals surface area contributed by atoms with Gasteiger partial charge in [-0.05, 0) is 58.1 Å². The number of nitrogens with zero attached hydrogens (tertiary/aromatic N) is 1. The summed E-state index contributed by atoms with van der Waals surface area (Å²) in [7, 11) is 0. The van der Waals surface area contributed by atoms with Gasteiger partial charge in [0.05, 0.1) is 12.2 Å². The largest absolute Gasteiger partial charge is 0.494 e. The lowest BCUT2D eigenvalue weighted by Gasteiger charge is -2.30. The van der Waals surface area contributed by atoms with Crippen molar-refractivity contribution in [1.29, 1.82) is 0 Å². The molecule has 0 spiro atoms. The fraction of sp³-hybridized carbons (Fsp3) is 0.190. The lowest BCUT2D eigenvalue weighted by atomic mass is 9.84. The van der Waals surface area contributed by atoms with Gasteiger partial charge in [0, 0.05) is 31.6 Å². The summed E-state index contributed by atoms with van der Waals surface area (Å²) < 4.78 is 52.4. The first kappa shape index (κ1) is 36.1. The number of hydrogen-bond donors (Lipinski definition) is 3. The molecule has 7 nitrogen and oxygen atoms in total. The molecule has 5 aromatic rings. The van der Waals surface area contributed by atoms with Crippen LogP contribution in [0.5, 0.6) is 5.75 Å². The number of ether oxygens (including phenoxy) is 2. The standard InChI is InChI=1S/C42H38F3N3O4/c43-42(44,45)36-16-7-12-31(28-36)29-46-48-40(50)41(25-8-13-30-10-3-1-4-11-30)38(34-19-17-33(18-20-34)32-14-5-2-6-15-32)52-39(47-41)35-21-23-37(24-22-35)51-27-9-26-49/h1-8,10-24,28,38,46,49H,9,25-27,29H2,(H,48,50)/b13-8+/t38-,41-/m0/s1. The molecule has 52 heavy (non-hydrogen) atoms. The number of hydrazine groups is 1. The van der Waals surface area contributed by atoms with Crippen molar-refractivity contribution in [3.63, 3.8) is 0 Å². The van der Waals surface area contributed by atoms with E-state index >= 15 is 0 Å². The molecule has 1 amide bonds. The zero-order chi connectivity index (χ0) is 36.4. The van der Waals surface area contributed by atoms with Gasteiger partial charge in [-0.3, -0.25) is 10.2 Å². The number of carbonyl (C=O) groups excluding carboxylic acids is 1. The van der Waals surface area contributed by atoms with E-state index in [9.17, 15) is 18.0 Å². The Morgan fingerprint density at radius 2 is 1.52 bits per heavy atom. The minimum Gasteiger partial charge on any atom is -0.494 e. The summed E-state index contributed by atoms with van der Waals surface area (Å²) in [5, 5.41) is 9.10. The van der Waals surface area contributed by atoms with Crippen LogP contribution in [0.3, 0.4) is 0 Å². The van der Waals surface area contributed by atoms with Crippen LogP contribution >= 0.6 is 0 Å². The van der Waals surface area contributed by atoms with Crippen LogP contribution < -0.4 is 15.6 Å². The second kappa shape index (κ2) is 16.5. The van der Waals surface area contributed by atoms with Gasteiger partial charge >= 0.3 is 6.18 Å². The molecular formula is C42H38F3N3O4. The van der Waals surface area contributed by atoms with Crippen molar-refractivity contribution >= 4 is 17.9 Å². The smallest absolute Gasteiger partial charge is 0.416 e. The van der Waals surface area contributed by atoms with Crippen LogP contribution in [0.15, 0.2) is 145 Å². The molecule has 2 atom stereocenters. The number of amides is 1. The number of aliphatic imine (C=N–C) groups is 1. The maximum atomic E-state index is 14.5. The number of aliphatic hydroxyl groups excluding tert-OH is 1. The van der Waals surface area contributed by atoms with Gasteiger partial charge < -0.3 is 14.6 Å². The highest BCUT2D eigenvalue weighted by Gasteiger charge is 2.52. The summed E-state index contributed by atoms with van der Waals surface area (Å²) >= 11 is 0. The molecule has 3 N–H and O–H groups in total. The third kappa shape index (κ3) is 8.77. The van der Waals surface area contributed by atoms with Crippen molar-refractivity contribution in [3.8, 4) is 16.9 Å². The summed E-state index contributed by atoms with van der Waals surface area (Å²) in [6.07, 6.45) is -0.946. The maximum absolute atomic E-state index is 14.5. The Kier molecular flexibility index (Phi) is 11.5. The number of alkyl halides is 3. The van der Waals surface area contributed by atoms with E-state index in [1.54, 1.807) is 30.3 Å². The quantitative estimate of drug-likeness (QED) is 0.0799. The normalized spacial score (nSPS) is 17.1. The molecule has 0 unspecified atom stereocenters. The molecule has 0 aromatic heterocycles. The van der Waals surface area contributed by atoms with Crippen molar-refractivity contribution in [1.82, 2.24) is 10.9 Å². The van der Waals surface area contributed by atoms with Gasteiger partial charge in [-0.25, -0.2) is 10.4 Å². The Hall–Kier alpha value is -5.71. The average molecular weight is 706 g/mol. The minimum absolute atomic E-state index is 0.0219. The molecule has 1 aliphatic heterocycles. The highest BCUT2D eigenvalue weighted by molar-refractivity contribution is 6.01. The van der Waals surface area contributed by atoms with E-state index in [1.807, 2.05) is 97.1 Å². The van der Waals surface area contributed by atoms with E-state index in [4.69, 9.17) is 19.6 Å². The second-order valence-corrected chi connectivity index (χ2v) is 12.3.